The minimum Gasteiger partial charge on any atom is -0.325 e. The molecule has 0 aromatic heterocycles. The first-order chi connectivity index (χ1) is 8.57. The lowest BCUT2D eigenvalue weighted by molar-refractivity contribution is 0.236. The van der Waals surface area contributed by atoms with Gasteiger partial charge in [0.15, 0.2) is 0 Å². The minimum atomic E-state index is -3.31. The van der Waals surface area contributed by atoms with Crippen LogP contribution in [0.4, 0.5) is 0 Å². The lowest BCUT2D eigenvalue weighted by atomic mass is 10.0. The van der Waals surface area contributed by atoms with E-state index >= 15 is 0 Å². The van der Waals surface area contributed by atoms with Crippen molar-refractivity contribution in [3.63, 3.8) is 0 Å². The van der Waals surface area contributed by atoms with Crippen LogP contribution in [0.2, 0.25) is 0 Å². The predicted molar refractivity (Wildman–Crippen MR) is 69.0 cm³/mol. The summed E-state index contributed by atoms with van der Waals surface area (Å²) in [5, 5.41) is 0. The van der Waals surface area contributed by atoms with Crippen LogP contribution >= 0.6 is 0 Å². The first kappa shape index (κ1) is 12.1. The van der Waals surface area contributed by atoms with E-state index in [0.29, 0.717) is 26.2 Å². The lowest BCUT2D eigenvalue weighted by Gasteiger charge is -2.40. The third-order valence-corrected chi connectivity index (χ3v) is 5.54. The maximum atomic E-state index is 12.3. The first-order valence-electron chi connectivity index (χ1n) is 6.15. The fourth-order valence-electron chi connectivity index (χ4n) is 2.49. The first-order valence-corrected chi connectivity index (χ1v) is 7.54. The molecule has 2 aliphatic rings. The molecule has 18 heavy (non-hydrogen) atoms. The zero-order valence-corrected chi connectivity index (χ0v) is 10.9. The van der Waals surface area contributed by atoms with Crippen LogP contribution in [0.1, 0.15) is 11.1 Å². The Labute approximate surface area is 107 Å². The summed E-state index contributed by atoms with van der Waals surface area (Å²) in [5.41, 5.74) is 8.01. The number of hydrogen-bond acceptors (Lipinski definition) is 3. The van der Waals surface area contributed by atoms with E-state index in [4.69, 9.17) is 5.73 Å². The van der Waals surface area contributed by atoms with Gasteiger partial charge in [0.05, 0.1) is 0 Å². The maximum absolute atomic E-state index is 12.3. The van der Waals surface area contributed by atoms with E-state index < -0.39 is 10.2 Å². The molecule has 0 unspecified atom stereocenters. The molecule has 0 bridgehead atoms. The Bertz CT molecular complexity index is 552. The molecule has 1 saturated heterocycles. The van der Waals surface area contributed by atoms with Crippen molar-refractivity contribution in [1.29, 1.82) is 0 Å². The van der Waals surface area contributed by atoms with Crippen molar-refractivity contribution in [3.8, 4) is 0 Å². The van der Waals surface area contributed by atoms with E-state index in [1.807, 2.05) is 18.2 Å². The van der Waals surface area contributed by atoms with Gasteiger partial charge in [-0.25, -0.2) is 0 Å². The molecule has 0 atom stereocenters. The highest BCUT2D eigenvalue weighted by Crippen LogP contribution is 2.24. The van der Waals surface area contributed by atoms with Crippen LogP contribution < -0.4 is 5.73 Å². The molecule has 1 fully saturated rings. The molecule has 2 aliphatic heterocycles. The topological polar surface area (TPSA) is 66.6 Å². The summed E-state index contributed by atoms with van der Waals surface area (Å²) in [4.78, 5) is 0. The van der Waals surface area contributed by atoms with Crippen LogP contribution in [0, 0.1) is 0 Å². The Hall–Kier alpha value is -0.950. The van der Waals surface area contributed by atoms with Crippen molar-refractivity contribution in [1.82, 2.24) is 8.61 Å². The van der Waals surface area contributed by atoms with E-state index in [1.165, 1.54) is 9.87 Å². The Morgan fingerprint density at radius 3 is 2.44 bits per heavy atom. The van der Waals surface area contributed by atoms with Crippen LogP contribution in [0.15, 0.2) is 24.3 Å². The fourth-order valence-corrected chi connectivity index (χ4v) is 4.20. The van der Waals surface area contributed by atoms with Gasteiger partial charge in [-0.05, 0) is 17.5 Å². The number of hydrogen-bond donors (Lipinski definition) is 1. The summed E-state index contributed by atoms with van der Waals surface area (Å²) < 4.78 is 27.7. The van der Waals surface area contributed by atoms with Gasteiger partial charge >= 0.3 is 0 Å². The highest BCUT2D eigenvalue weighted by atomic mass is 32.2. The summed E-state index contributed by atoms with van der Waals surface area (Å²) in [6, 6.07) is 8.01. The molecule has 1 aromatic rings. The number of nitrogens with zero attached hydrogens (tertiary/aromatic N) is 2. The van der Waals surface area contributed by atoms with Crippen LogP contribution in [-0.4, -0.2) is 42.7 Å². The summed E-state index contributed by atoms with van der Waals surface area (Å²) >= 11 is 0. The molecule has 1 aromatic carbocycles. The van der Waals surface area contributed by atoms with Gasteiger partial charge in [0.25, 0.3) is 10.2 Å². The van der Waals surface area contributed by atoms with Crippen molar-refractivity contribution in [3.05, 3.63) is 35.4 Å². The number of benzene rings is 1. The average molecular weight is 267 g/mol. The summed E-state index contributed by atoms with van der Waals surface area (Å²) in [6.45, 7) is 1.93. The molecule has 5 nitrogen and oxygen atoms in total. The zero-order chi connectivity index (χ0) is 12.8. The van der Waals surface area contributed by atoms with Gasteiger partial charge in [-0.1, -0.05) is 24.3 Å². The van der Waals surface area contributed by atoms with Gasteiger partial charge in [-0.15, -0.1) is 0 Å². The molecule has 98 valence electrons. The van der Waals surface area contributed by atoms with Crippen LogP contribution in [-0.2, 0) is 23.2 Å². The van der Waals surface area contributed by atoms with Crippen molar-refractivity contribution in [2.75, 3.05) is 19.6 Å². The van der Waals surface area contributed by atoms with Crippen molar-refractivity contribution in [2.45, 2.75) is 19.0 Å². The van der Waals surface area contributed by atoms with Gasteiger partial charge in [0.1, 0.15) is 0 Å². The SMILES string of the molecule is NC1CN(S(=O)(=O)N2CCc3ccccc3C2)C1. The largest absolute Gasteiger partial charge is 0.325 e. The van der Waals surface area contributed by atoms with Crippen molar-refractivity contribution >= 4 is 10.2 Å². The molecule has 0 spiro atoms. The van der Waals surface area contributed by atoms with Gasteiger partial charge in [0.2, 0.25) is 0 Å². The molecular formula is C12H17N3O2S. The zero-order valence-electron chi connectivity index (χ0n) is 10.1. The van der Waals surface area contributed by atoms with Crippen molar-refractivity contribution in [2.24, 2.45) is 5.73 Å². The molecule has 0 saturated carbocycles. The van der Waals surface area contributed by atoms with E-state index in [9.17, 15) is 8.42 Å². The highest BCUT2D eigenvalue weighted by molar-refractivity contribution is 7.86. The summed E-state index contributed by atoms with van der Waals surface area (Å²) in [6.07, 6.45) is 0.787. The Kier molecular flexibility index (Phi) is 2.90. The highest BCUT2D eigenvalue weighted by Gasteiger charge is 2.38. The Morgan fingerprint density at radius 2 is 1.78 bits per heavy atom. The fraction of sp³-hybridized carbons (Fsp3) is 0.500. The third-order valence-electron chi connectivity index (χ3n) is 3.62. The minimum absolute atomic E-state index is 0.00291. The Morgan fingerprint density at radius 1 is 1.11 bits per heavy atom. The second-order valence-electron chi connectivity index (χ2n) is 4.94. The number of rotatable bonds is 2. The normalized spacial score (nSPS) is 22.5. The van der Waals surface area contributed by atoms with Crippen molar-refractivity contribution < 1.29 is 8.42 Å². The van der Waals surface area contributed by atoms with E-state index in [-0.39, 0.29) is 6.04 Å². The number of nitrogens with two attached hydrogens (primary N) is 1. The van der Waals surface area contributed by atoms with E-state index in [2.05, 4.69) is 6.07 Å². The van der Waals surface area contributed by atoms with Gasteiger partial charge < -0.3 is 5.73 Å². The summed E-state index contributed by atoms with van der Waals surface area (Å²) in [7, 11) is -3.31. The quantitative estimate of drug-likeness (QED) is 0.816. The van der Waals surface area contributed by atoms with Crippen LogP contribution in [0.25, 0.3) is 0 Å². The molecule has 3 rings (SSSR count). The molecule has 6 heteroatoms. The smallest absolute Gasteiger partial charge is 0.282 e. The molecule has 0 amide bonds. The molecule has 2 N–H and O–H groups in total. The number of fused-ring (bicyclic) bond motifs is 1. The predicted octanol–water partition coefficient (Wildman–Crippen LogP) is -0.0676. The van der Waals surface area contributed by atoms with Crippen LogP contribution in [0.5, 0.6) is 0 Å². The van der Waals surface area contributed by atoms with E-state index in [1.54, 1.807) is 4.31 Å². The third kappa shape index (κ3) is 1.95. The van der Waals surface area contributed by atoms with Crippen LogP contribution in [0.3, 0.4) is 0 Å². The van der Waals surface area contributed by atoms with E-state index in [0.717, 1.165) is 12.0 Å². The second kappa shape index (κ2) is 4.31. The molecule has 0 radical (unpaired) electrons. The monoisotopic (exact) mass is 267 g/mol. The molecular weight excluding hydrogens is 250 g/mol. The Balaban J connectivity index is 1.80. The molecule has 2 heterocycles. The average Bonchev–Trinajstić information content (AvgIpc) is 2.34. The standard InChI is InChI=1S/C12H17N3O2S/c13-12-8-15(9-12)18(16,17)14-6-5-10-3-1-2-4-11(10)7-14/h1-4,12H,5-9,13H2. The maximum Gasteiger partial charge on any atom is 0.282 e. The second-order valence-corrected chi connectivity index (χ2v) is 6.87. The van der Waals surface area contributed by atoms with Gasteiger partial charge in [-0.3, -0.25) is 0 Å². The van der Waals surface area contributed by atoms with Gasteiger partial charge in [-0.2, -0.15) is 17.0 Å². The lowest BCUT2D eigenvalue weighted by Crippen LogP contribution is -2.61. The summed E-state index contributed by atoms with van der Waals surface area (Å²) in [5.74, 6) is 0. The molecule has 0 aliphatic carbocycles. The van der Waals surface area contributed by atoms with Gasteiger partial charge in [0, 0.05) is 32.2 Å².